The van der Waals surface area contributed by atoms with E-state index in [4.69, 9.17) is 9.47 Å². The van der Waals surface area contributed by atoms with E-state index in [0.29, 0.717) is 12.1 Å². The van der Waals surface area contributed by atoms with Crippen molar-refractivity contribution in [2.24, 2.45) is 0 Å². The molecule has 2 aromatic rings. The highest BCUT2D eigenvalue weighted by atomic mass is 19.4. The summed E-state index contributed by atoms with van der Waals surface area (Å²) in [5, 5.41) is 0. The highest BCUT2D eigenvalue weighted by Gasteiger charge is 2.40. The number of hydrogen-bond acceptors (Lipinski definition) is 3. The van der Waals surface area contributed by atoms with E-state index in [2.05, 4.69) is 0 Å². The fraction of sp³-hybridized carbons (Fsp3) is 0.381. The molecule has 0 aromatic heterocycles. The summed E-state index contributed by atoms with van der Waals surface area (Å²) in [4.78, 5) is 14.1. The first kappa shape index (κ1) is 23.1. The van der Waals surface area contributed by atoms with Crippen LogP contribution < -0.4 is 0 Å². The minimum Gasteiger partial charge on any atom is -0.343 e. The number of carbonyl (C=O) groups is 1. The van der Waals surface area contributed by atoms with Gasteiger partial charge in [-0.05, 0) is 30.2 Å². The Morgan fingerprint density at radius 2 is 1.74 bits per heavy atom. The van der Waals surface area contributed by atoms with Crippen LogP contribution in [0.5, 0.6) is 0 Å². The van der Waals surface area contributed by atoms with Gasteiger partial charge in [-0.3, -0.25) is 4.79 Å². The molecule has 0 spiro atoms. The molecule has 0 aliphatic carbocycles. The van der Waals surface area contributed by atoms with Crippen molar-refractivity contribution in [2.75, 3.05) is 13.2 Å². The van der Waals surface area contributed by atoms with E-state index in [1.807, 2.05) is 18.2 Å². The van der Waals surface area contributed by atoms with Gasteiger partial charge in [-0.25, -0.2) is 0 Å². The summed E-state index contributed by atoms with van der Waals surface area (Å²) in [5.41, 5.74) is -2.56. The fourth-order valence-electron chi connectivity index (χ4n) is 3.25. The van der Waals surface area contributed by atoms with E-state index in [1.165, 1.54) is 11.8 Å². The van der Waals surface area contributed by atoms with E-state index >= 15 is 0 Å². The fourth-order valence-corrected chi connectivity index (χ4v) is 3.25. The Bertz CT molecular complexity index is 914. The van der Waals surface area contributed by atoms with Crippen LogP contribution in [0.2, 0.25) is 0 Å². The number of hydrogen-bond donors (Lipinski definition) is 0. The molecule has 1 amide bonds. The number of amides is 1. The summed E-state index contributed by atoms with van der Waals surface area (Å²) < 4.78 is 89.5. The average molecular weight is 447 g/mol. The van der Waals surface area contributed by atoms with Gasteiger partial charge in [0.25, 0.3) is 5.91 Å². The Morgan fingerprint density at radius 3 is 2.35 bits per heavy atom. The predicted molar refractivity (Wildman–Crippen MR) is 97.5 cm³/mol. The molecule has 168 valence electrons. The van der Waals surface area contributed by atoms with Gasteiger partial charge in [0, 0.05) is 13.1 Å². The van der Waals surface area contributed by atoms with Crippen LogP contribution in [0.1, 0.15) is 35.3 Å². The Balaban J connectivity index is 1.78. The molecular weight excluding hydrogens is 428 g/mol. The van der Waals surface area contributed by atoms with Crippen LogP contribution in [0.4, 0.5) is 26.3 Å². The number of alkyl halides is 6. The molecule has 0 unspecified atom stereocenters. The molecule has 1 fully saturated rings. The molecule has 3 rings (SSSR count). The lowest BCUT2D eigenvalue weighted by Gasteiger charge is -2.34. The summed E-state index contributed by atoms with van der Waals surface area (Å²) in [6.07, 6.45) is -12.8. The molecule has 0 saturated carbocycles. The van der Waals surface area contributed by atoms with Gasteiger partial charge in [-0.1, -0.05) is 36.4 Å². The van der Waals surface area contributed by atoms with Crippen molar-refractivity contribution in [2.45, 2.75) is 38.2 Å². The molecule has 2 atom stereocenters. The largest absolute Gasteiger partial charge is 0.416 e. The Kier molecular flexibility index (Phi) is 6.61. The Hall–Kier alpha value is -2.59. The molecule has 0 bridgehead atoms. The first-order valence-electron chi connectivity index (χ1n) is 9.35. The Labute approximate surface area is 174 Å². The Morgan fingerprint density at radius 1 is 1.06 bits per heavy atom. The zero-order valence-corrected chi connectivity index (χ0v) is 16.3. The summed E-state index contributed by atoms with van der Waals surface area (Å²) in [5.74, 6) is -0.567. The molecule has 4 nitrogen and oxygen atoms in total. The third-order valence-corrected chi connectivity index (χ3v) is 4.81. The van der Waals surface area contributed by atoms with E-state index in [0.717, 1.165) is 5.56 Å². The summed E-state index contributed by atoms with van der Waals surface area (Å²) >= 11 is 0. The molecule has 31 heavy (non-hydrogen) atoms. The van der Waals surface area contributed by atoms with Crippen molar-refractivity contribution in [3.05, 3.63) is 70.8 Å². The highest BCUT2D eigenvalue weighted by molar-refractivity contribution is 5.80. The van der Waals surface area contributed by atoms with Crippen LogP contribution in [0.3, 0.4) is 0 Å². The van der Waals surface area contributed by atoms with Crippen molar-refractivity contribution in [3.63, 3.8) is 0 Å². The lowest BCUT2D eigenvalue weighted by Crippen LogP contribution is -2.48. The van der Waals surface area contributed by atoms with Crippen LogP contribution >= 0.6 is 0 Å². The van der Waals surface area contributed by atoms with Gasteiger partial charge in [0.1, 0.15) is 0 Å². The summed E-state index contributed by atoms with van der Waals surface area (Å²) in [7, 11) is 0. The molecule has 0 radical (unpaired) electrons. The maximum absolute atomic E-state index is 13.4. The van der Waals surface area contributed by atoms with Crippen LogP contribution in [0.25, 0.3) is 0 Å². The first-order valence-corrected chi connectivity index (χ1v) is 9.35. The standard InChI is InChI=1S/C21H19F6NO3/c1-13(16-8-7-15(20(22,23)24)11-17(16)21(25,26)27)31-19-18(29)28(9-10-30-19)12-14-5-3-2-4-6-14/h2-8,11,13,19H,9-10,12H2,1H3/t13-,19-/m0/s1. The zero-order chi connectivity index (χ0) is 22.8. The minimum atomic E-state index is -5.04. The predicted octanol–water partition coefficient (Wildman–Crippen LogP) is 5.19. The van der Waals surface area contributed by atoms with Gasteiger partial charge in [-0.15, -0.1) is 0 Å². The SMILES string of the molecule is C[C@H](O[C@@H]1OCCN(Cc2ccccc2)C1=O)c1ccc(C(F)(F)F)cc1C(F)(F)F. The van der Waals surface area contributed by atoms with Gasteiger partial charge >= 0.3 is 12.4 Å². The maximum Gasteiger partial charge on any atom is 0.416 e. The molecule has 2 aromatic carbocycles. The average Bonchev–Trinajstić information content (AvgIpc) is 2.70. The van der Waals surface area contributed by atoms with Crippen molar-refractivity contribution < 1.29 is 40.6 Å². The highest BCUT2D eigenvalue weighted by Crippen LogP contribution is 2.40. The molecule has 1 aliphatic rings. The topological polar surface area (TPSA) is 38.8 Å². The van der Waals surface area contributed by atoms with Gasteiger partial charge in [-0.2, -0.15) is 26.3 Å². The molecular formula is C21H19F6NO3. The van der Waals surface area contributed by atoms with Crippen molar-refractivity contribution in [1.29, 1.82) is 0 Å². The number of halogens is 6. The third-order valence-electron chi connectivity index (χ3n) is 4.81. The quantitative estimate of drug-likeness (QED) is 0.593. The number of carbonyl (C=O) groups excluding carboxylic acids is 1. The number of rotatable bonds is 5. The van der Waals surface area contributed by atoms with Gasteiger partial charge in [0.15, 0.2) is 0 Å². The zero-order valence-electron chi connectivity index (χ0n) is 16.3. The number of morpholine rings is 1. The second-order valence-electron chi connectivity index (χ2n) is 7.02. The summed E-state index contributed by atoms with van der Waals surface area (Å²) in [6.45, 7) is 1.88. The van der Waals surface area contributed by atoms with Crippen LogP contribution in [-0.2, 0) is 33.2 Å². The third kappa shape index (κ3) is 5.56. The lowest BCUT2D eigenvalue weighted by atomic mass is 9.99. The second-order valence-corrected chi connectivity index (χ2v) is 7.02. The molecule has 10 heteroatoms. The van der Waals surface area contributed by atoms with E-state index in [1.54, 1.807) is 12.1 Å². The smallest absolute Gasteiger partial charge is 0.343 e. The monoisotopic (exact) mass is 447 g/mol. The van der Waals surface area contributed by atoms with Crippen LogP contribution in [0.15, 0.2) is 48.5 Å². The van der Waals surface area contributed by atoms with Gasteiger partial charge in [0.05, 0.1) is 23.8 Å². The lowest BCUT2D eigenvalue weighted by molar-refractivity contribution is -0.210. The molecule has 0 N–H and O–H groups in total. The maximum atomic E-state index is 13.4. The minimum absolute atomic E-state index is 0.0421. The second kappa shape index (κ2) is 8.88. The van der Waals surface area contributed by atoms with Gasteiger partial charge < -0.3 is 14.4 Å². The number of nitrogens with zero attached hydrogens (tertiary/aromatic N) is 1. The number of benzene rings is 2. The van der Waals surface area contributed by atoms with Crippen molar-refractivity contribution in [1.82, 2.24) is 4.90 Å². The van der Waals surface area contributed by atoms with Crippen LogP contribution in [-0.4, -0.2) is 30.2 Å². The molecule has 1 saturated heterocycles. The van der Waals surface area contributed by atoms with E-state index in [-0.39, 0.29) is 25.8 Å². The van der Waals surface area contributed by atoms with Gasteiger partial charge in [0.2, 0.25) is 6.29 Å². The number of ether oxygens (including phenoxy) is 2. The molecule has 1 heterocycles. The first-order chi connectivity index (χ1) is 14.5. The van der Waals surface area contributed by atoms with Crippen LogP contribution in [0, 0.1) is 0 Å². The van der Waals surface area contributed by atoms with E-state index < -0.39 is 47.3 Å². The van der Waals surface area contributed by atoms with Crippen molar-refractivity contribution in [3.8, 4) is 0 Å². The van der Waals surface area contributed by atoms with Crippen molar-refractivity contribution >= 4 is 5.91 Å². The van der Waals surface area contributed by atoms with E-state index in [9.17, 15) is 31.1 Å². The molecule has 1 aliphatic heterocycles. The normalized spacial score (nSPS) is 18.9. The summed E-state index contributed by atoms with van der Waals surface area (Å²) in [6, 6.07) is 10.4.